The van der Waals surface area contributed by atoms with Crippen LogP contribution in [0.25, 0.3) is 0 Å². The van der Waals surface area contributed by atoms with Gasteiger partial charge in [-0.1, -0.05) is 5.10 Å². The summed E-state index contributed by atoms with van der Waals surface area (Å²) in [6.07, 6.45) is 4.44. The van der Waals surface area contributed by atoms with Crippen molar-refractivity contribution < 1.29 is 28.2 Å². The van der Waals surface area contributed by atoms with Gasteiger partial charge >= 0.3 is 23.8 Å². The molecule has 11 nitrogen and oxygen atoms in total. The topological polar surface area (TPSA) is 138 Å². The van der Waals surface area contributed by atoms with Crippen molar-refractivity contribution in [2.45, 2.75) is 31.8 Å². The zero-order valence-corrected chi connectivity index (χ0v) is 18.8. The van der Waals surface area contributed by atoms with Crippen molar-refractivity contribution in [3.8, 4) is 11.6 Å². The lowest BCUT2D eigenvalue weighted by Gasteiger charge is -2.27. The number of esters is 1. The van der Waals surface area contributed by atoms with Crippen LogP contribution in [0.4, 0.5) is 17.4 Å². The van der Waals surface area contributed by atoms with E-state index in [1.54, 1.807) is 43.5 Å². The number of hydrogen-bond donors (Lipinski definition) is 2. The summed E-state index contributed by atoms with van der Waals surface area (Å²) in [5.74, 6) is 0.176. The van der Waals surface area contributed by atoms with E-state index in [2.05, 4.69) is 25.8 Å². The van der Waals surface area contributed by atoms with Gasteiger partial charge in [-0.2, -0.15) is 0 Å². The molecule has 0 unspecified atom stereocenters. The summed E-state index contributed by atoms with van der Waals surface area (Å²) in [5.41, 5.74) is 1.16. The average molecular weight is 467 g/mol. The molecule has 2 heterocycles. The SMILES string of the molecule is COC(=O)C1CCC(Oc2ccc(NC(=O)c3nnc(Nc4ccc(OC)cc4)o3)cn2)CC1. The summed E-state index contributed by atoms with van der Waals surface area (Å²) in [5, 5.41) is 13.2. The number of ether oxygens (including phenoxy) is 3. The number of aromatic nitrogens is 3. The van der Waals surface area contributed by atoms with Crippen molar-refractivity contribution in [1.82, 2.24) is 15.2 Å². The van der Waals surface area contributed by atoms with Crippen LogP contribution in [0, 0.1) is 5.92 Å². The lowest BCUT2D eigenvalue weighted by molar-refractivity contribution is -0.147. The maximum absolute atomic E-state index is 12.4. The number of nitrogens with one attached hydrogen (secondary N) is 2. The highest BCUT2D eigenvalue weighted by molar-refractivity contribution is 6.00. The van der Waals surface area contributed by atoms with Gasteiger partial charge in [0.2, 0.25) is 5.88 Å². The van der Waals surface area contributed by atoms with Gasteiger partial charge in [0.1, 0.15) is 11.9 Å². The summed E-state index contributed by atoms with van der Waals surface area (Å²) in [6.45, 7) is 0. The van der Waals surface area contributed by atoms with Crippen LogP contribution in [0.15, 0.2) is 47.0 Å². The number of methoxy groups -OCH3 is 2. The molecule has 0 atom stereocenters. The van der Waals surface area contributed by atoms with E-state index in [-0.39, 0.29) is 29.9 Å². The van der Waals surface area contributed by atoms with Gasteiger partial charge < -0.3 is 29.3 Å². The Morgan fingerprint density at radius 1 is 0.971 bits per heavy atom. The van der Waals surface area contributed by atoms with E-state index >= 15 is 0 Å². The molecular weight excluding hydrogens is 442 g/mol. The van der Waals surface area contributed by atoms with Crippen molar-refractivity contribution in [1.29, 1.82) is 0 Å². The summed E-state index contributed by atoms with van der Waals surface area (Å²) in [6, 6.07) is 10.5. The van der Waals surface area contributed by atoms with Crippen molar-refractivity contribution in [3.05, 3.63) is 48.5 Å². The first-order valence-corrected chi connectivity index (χ1v) is 10.8. The summed E-state index contributed by atoms with van der Waals surface area (Å²) in [4.78, 5) is 28.3. The molecule has 1 aromatic carbocycles. The van der Waals surface area contributed by atoms with Gasteiger partial charge in [-0.05, 0) is 56.0 Å². The zero-order chi connectivity index (χ0) is 23.9. The maximum Gasteiger partial charge on any atom is 0.320 e. The number of amides is 1. The molecule has 0 spiro atoms. The smallest absolute Gasteiger partial charge is 0.320 e. The molecule has 0 aliphatic heterocycles. The Kier molecular flexibility index (Phi) is 7.21. The highest BCUT2D eigenvalue weighted by Gasteiger charge is 2.28. The van der Waals surface area contributed by atoms with Gasteiger partial charge in [-0.15, -0.1) is 5.10 Å². The quantitative estimate of drug-likeness (QED) is 0.473. The summed E-state index contributed by atoms with van der Waals surface area (Å²) in [7, 11) is 2.99. The van der Waals surface area contributed by atoms with E-state index in [0.717, 1.165) is 25.7 Å². The molecule has 1 fully saturated rings. The Morgan fingerprint density at radius 2 is 1.71 bits per heavy atom. The number of hydrogen-bond acceptors (Lipinski definition) is 10. The molecule has 0 radical (unpaired) electrons. The van der Waals surface area contributed by atoms with Gasteiger partial charge in [0.15, 0.2) is 0 Å². The first-order chi connectivity index (χ1) is 16.5. The van der Waals surface area contributed by atoms with Crippen LogP contribution in [0.1, 0.15) is 36.4 Å². The second kappa shape index (κ2) is 10.6. The van der Waals surface area contributed by atoms with E-state index in [0.29, 0.717) is 23.0 Å². The van der Waals surface area contributed by atoms with Crippen molar-refractivity contribution >= 4 is 29.3 Å². The molecule has 11 heteroatoms. The van der Waals surface area contributed by atoms with Crippen LogP contribution in [0.3, 0.4) is 0 Å². The van der Waals surface area contributed by atoms with E-state index in [1.165, 1.54) is 13.3 Å². The van der Waals surface area contributed by atoms with E-state index in [1.807, 2.05) is 0 Å². The molecule has 4 rings (SSSR count). The molecule has 3 aromatic rings. The molecule has 2 aromatic heterocycles. The zero-order valence-electron chi connectivity index (χ0n) is 18.8. The van der Waals surface area contributed by atoms with Crippen LogP contribution in [-0.4, -0.2) is 47.4 Å². The fraction of sp³-hybridized carbons (Fsp3) is 0.348. The van der Waals surface area contributed by atoms with Gasteiger partial charge in [0, 0.05) is 11.8 Å². The van der Waals surface area contributed by atoms with E-state index in [4.69, 9.17) is 18.6 Å². The molecule has 0 saturated heterocycles. The number of rotatable bonds is 8. The van der Waals surface area contributed by atoms with Crippen LogP contribution < -0.4 is 20.1 Å². The van der Waals surface area contributed by atoms with Crippen molar-refractivity contribution in [2.75, 3.05) is 24.9 Å². The standard InChI is InChI=1S/C23H25N5O6/c1-31-17-10-5-15(6-11-17)26-23-28-27-21(34-23)20(29)25-16-7-12-19(24-13-16)33-18-8-3-14(4-9-18)22(30)32-2/h5-7,10-14,18H,3-4,8-9H2,1-2H3,(H,25,29)(H,26,28). The van der Waals surface area contributed by atoms with Gasteiger partial charge in [-0.25, -0.2) is 4.98 Å². The molecule has 34 heavy (non-hydrogen) atoms. The first kappa shape index (κ1) is 23.0. The Balaban J connectivity index is 1.27. The third kappa shape index (κ3) is 5.80. The van der Waals surface area contributed by atoms with Gasteiger partial charge in [-0.3, -0.25) is 9.59 Å². The van der Waals surface area contributed by atoms with Crippen molar-refractivity contribution in [3.63, 3.8) is 0 Å². The minimum absolute atomic E-state index is 0.0103. The Labute approximate surface area is 195 Å². The fourth-order valence-electron chi connectivity index (χ4n) is 3.63. The fourth-order valence-corrected chi connectivity index (χ4v) is 3.63. The number of anilines is 3. The van der Waals surface area contributed by atoms with E-state index < -0.39 is 5.91 Å². The van der Waals surface area contributed by atoms with Crippen LogP contribution in [0.2, 0.25) is 0 Å². The van der Waals surface area contributed by atoms with Crippen LogP contribution in [0.5, 0.6) is 11.6 Å². The first-order valence-electron chi connectivity index (χ1n) is 10.8. The Bertz CT molecular complexity index is 1110. The highest BCUT2D eigenvalue weighted by atomic mass is 16.5. The lowest BCUT2D eigenvalue weighted by atomic mass is 9.87. The molecule has 1 aliphatic carbocycles. The predicted octanol–water partition coefficient (Wildman–Crippen LogP) is 3.58. The molecule has 178 valence electrons. The third-order valence-electron chi connectivity index (χ3n) is 5.45. The predicted molar refractivity (Wildman–Crippen MR) is 121 cm³/mol. The molecule has 0 bridgehead atoms. The minimum Gasteiger partial charge on any atom is -0.497 e. The summed E-state index contributed by atoms with van der Waals surface area (Å²) < 4.78 is 21.2. The number of benzene rings is 1. The van der Waals surface area contributed by atoms with Crippen LogP contribution in [-0.2, 0) is 9.53 Å². The molecular formula is C23H25N5O6. The second-order valence-corrected chi connectivity index (χ2v) is 7.72. The summed E-state index contributed by atoms with van der Waals surface area (Å²) >= 11 is 0. The van der Waals surface area contributed by atoms with Gasteiger partial charge in [0.25, 0.3) is 0 Å². The minimum atomic E-state index is -0.563. The number of nitrogens with zero attached hydrogens (tertiary/aromatic N) is 3. The number of carbonyl (C=O) groups is 2. The highest BCUT2D eigenvalue weighted by Crippen LogP contribution is 2.28. The third-order valence-corrected chi connectivity index (χ3v) is 5.45. The Hall–Kier alpha value is -4.15. The maximum atomic E-state index is 12.4. The normalized spacial score (nSPS) is 17.5. The number of carbonyl (C=O) groups excluding carboxylic acids is 2. The molecule has 2 N–H and O–H groups in total. The molecule has 1 amide bonds. The lowest BCUT2D eigenvalue weighted by Crippen LogP contribution is -2.28. The molecule has 1 saturated carbocycles. The molecule has 1 aliphatic rings. The largest absolute Gasteiger partial charge is 0.497 e. The monoisotopic (exact) mass is 467 g/mol. The van der Waals surface area contributed by atoms with Crippen molar-refractivity contribution in [2.24, 2.45) is 5.92 Å². The average Bonchev–Trinajstić information content (AvgIpc) is 3.34. The van der Waals surface area contributed by atoms with E-state index in [9.17, 15) is 9.59 Å². The van der Waals surface area contributed by atoms with Gasteiger partial charge in [0.05, 0.1) is 32.0 Å². The second-order valence-electron chi connectivity index (χ2n) is 7.72. The number of pyridine rings is 1. The Morgan fingerprint density at radius 3 is 2.35 bits per heavy atom. The van der Waals surface area contributed by atoms with Crippen LogP contribution >= 0.6 is 0 Å².